The maximum atomic E-state index is 13.3. The third-order valence-electron chi connectivity index (χ3n) is 5.94. The third-order valence-corrected chi connectivity index (χ3v) is 8.10. The highest BCUT2D eigenvalue weighted by molar-refractivity contribution is 7.90. The minimum atomic E-state index is -3.34. The molecule has 2 atom stereocenters. The predicted octanol–water partition coefficient (Wildman–Crippen LogP) is 4.00. The fourth-order valence-corrected chi connectivity index (χ4v) is 5.94. The van der Waals surface area contributed by atoms with Crippen LogP contribution in [0.3, 0.4) is 0 Å². The molecule has 1 aliphatic carbocycles. The van der Waals surface area contributed by atoms with E-state index in [1.807, 2.05) is 6.92 Å². The van der Waals surface area contributed by atoms with Gasteiger partial charge in [-0.05, 0) is 56.2 Å². The van der Waals surface area contributed by atoms with E-state index in [0.717, 1.165) is 29.7 Å². The first-order valence-electron chi connectivity index (χ1n) is 12.4. The van der Waals surface area contributed by atoms with Crippen molar-refractivity contribution in [2.75, 3.05) is 25.3 Å². The van der Waals surface area contributed by atoms with Crippen molar-refractivity contribution in [1.29, 1.82) is 0 Å². The molecule has 0 spiro atoms. The molecule has 1 aliphatic rings. The van der Waals surface area contributed by atoms with Crippen LogP contribution in [0.5, 0.6) is 17.2 Å². The largest absolute Gasteiger partial charge is 0.488 e. The van der Waals surface area contributed by atoms with Gasteiger partial charge in [0.05, 0.1) is 17.2 Å². The molecule has 0 radical (unpaired) electrons. The molecule has 4 rings (SSSR count). The number of aryl methyl sites for hydroxylation is 1. The number of methoxy groups -OCH3 is 1. The molecule has 208 valence electrons. The van der Waals surface area contributed by atoms with Crippen LogP contribution in [0.4, 0.5) is 5.13 Å². The van der Waals surface area contributed by atoms with E-state index in [9.17, 15) is 18.0 Å². The molecule has 0 saturated heterocycles. The molecule has 0 aliphatic heterocycles. The first kappa shape index (κ1) is 28.5. The van der Waals surface area contributed by atoms with Gasteiger partial charge in [0.1, 0.15) is 23.4 Å². The highest BCUT2D eigenvalue weighted by Crippen LogP contribution is 2.32. The van der Waals surface area contributed by atoms with Crippen molar-refractivity contribution in [2.45, 2.75) is 50.2 Å². The summed E-state index contributed by atoms with van der Waals surface area (Å²) >= 11 is 1.40. The number of hydrogen-bond donors (Lipinski definition) is 2. The van der Waals surface area contributed by atoms with Crippen molar-refractivity contribution >= 4 is 38.1 Å². The Bertz CT molecular complexity index is 1450. The molecule has 39 heavy (non-hydrogen) atoms. The van der Waals surface area contributed by atoms with E-state index in [-0.39, 0.29) is 28.9 Å². The van der Waals surface area contributed by atoms with Crippen molar-refractivity contribution in [1.82, 2.24) is 10.3 Å². The third kappa shape index (κ3) is 7.78. The van der Waals surface area contributed by atoms with E-state index in [0.29, 0.717) is 41.0 Å². The van der Waals surface area contributed by atoms with E-state index >= 15 is 0 Å². The summed E-state index contributed by atoms with van der Waals surface area (Å²) < 4.78 is 40.6. The van der Waals surface area contributed by atoms with Crippen LogP contribution in [0.15, 0.2) is 47.4 Å². The van der Waals surface area contributed by atoms with Crippen LogP contribution in [0.25, 0.3) is 0 Å². The zero-order chi connectivity index (χ0) is 28.2. The molecule has 0 bridgehead atoms. The summed E-state index contributed by atoms with van der Waals surface area (Å²) in [5.41, 5.74) is 1.23. The minimum Gasteiger partial charge on any atom is -0.488 e. The fourth-order valence-electron chi connectivity index (χ4n) is 4.23. The lowest BCUT2D eigenvalue weighted by Gasteiger charge is -2.21. The normalized spacial score (nSPS) is 15.6. The highest BCUT2D eigenvalue weighted by Gasteiger charge is 2.24. The van der Waals surface area contributed by atoms with Crippen LogP contribution in [0.1, 0.15) is 41.2 Å². The molecule has 0 fully saturated rings. The highest BCUT2D eigenvalue weighted by atomic mass is 32.2. The number of nitrogens with one attached hydrogen (secondary N) is 2. The SMILES string of the molecule is COCC(C)Oc1cc(Oc2ccc(S(C)(=O)=O)cc2)cc(C(=O)Nc2nc3c(s2)CC(NC(C)=O)CC3)c1. The van der Waals surface area contributed by atoms with E-state index in [1.54, 1.807) is 37.4 Å². The lowest BCUT2D eigenvalue weighted by Crippen LogP contribution is -2.37. The molecule has 2 aromatic carbocycles. The van der Waals surface area contributed by atoms with E-state index in [2.05, 4.69) is 15.6 Å². The van der Waals surface area contributed by atoms with Crippen LogP contribution >= 0.6 is 11.3 Å². The van der Waals surface area contributed by atoms with Crippen molar-refractivity contribution in [2.24, 2.45) is 0 Å². The molecule has 2 amide bonds. The smallest absolute Gasteiger partial charge is 0.257 e. The van der Waals surface area contributed by atoms with Gasteiger partial charge in [-0.25, -0.2) is 13.4 Å². The Balaban J connectivity index is 1.55. The average Bonchev–Trinajstić information content (AvgIpc) is 3.25. The van der Waals surface area contributed by atoms with E-state index in [4.69, 9.17) is 14.2 Å². The summed E-state index contributed by atoms with van der Waals surface area (Å²) in [5, 5.41) is 6.30. The van der Waals surface area contributed by atoms with Crippen molar-refractivity contribution < 1.29 is 32.2 Å². The monoisotopic (exact) mass is 573 g/mol. The second kappa shape index (κ2) is 12.1. The standard InChI is InChI=1S/C27H31N3O7S2/c1-16(15-35-3)36-21-11-18(12-22(14-21)37-20-6-8-23(9-7-20)39(4,33)34)26(32)30-27-29-24-10-5-19(28-17(2)31)13-25(24)38-27/h6-9,11-12,14,16,19H,5,10,13,15H2,1-4H3,(H,28,31)(H,29,30,32). The van der Waals surface area contributed by atoms with E-state index < -0.39 is 9.84 Å². The number of amides is 2. The zero-order valence-electron chi connectivity index (χ0n) is 22.1. The van der Waals surface area contributed by atoms with Crippen molar-refractivity contribution in [3.05, 3.63) is 58.6 Å². The molecule has 10 nitrogen and oxygen atoms in total. The van der Waals surface area contributed by atoms with Gasteiger partial charge in [0.25, 0.3) is 5.91 Å². The van der Waals surface area contributed by atoms with Gasteiger partial charge in [-0.2, -0.15) is 0 Å². The van der Waals surface area contributed by atoms with Crippen LogP contribution in [-0.4, -0.2) is 57.3 Å². The number of sulfone groups is 1. The number of anilines is 1. The van der Waals surface area contributed by atoms with Gasteiger partial charge in [-0.1, -0.05) is 0 Å². The molecule has 12 heteroatoms. The number of benzene rings is 2. The molecule has 1 heterocycles. The molecule has 3 aromatic rings. The summed E-state index contributed by atoms with van der Waals surface area (Å²) in [6.45, 7) is 3.70. The molecule has 2 unspecified atom stereocenters. The number of ether oxygens (including phenoxy) is 3. The van der Waals surface area contributed by atoms with Crippen LogP contribution < -0.4 is 20.1 Å². The van der Waals surface area contributed by atoms with Crippen LogP contribution in [0, 0.1) is 0 Å². The Kier molecular flexibility index (Phi) is 8.88. The Hall–Kier alpha value is -3.48. The predicted molar refractivity (Wildman–Crippen MR) is 148 cm³/mol. The van der Waals surface area contributed by atoms with Gasteiger partial charge in [0.15, 0.2) is 15.0 Å². The first-order valence-corrected chi connectivity index (χ1v) is 15.1. The van der Waals surface area contributed by atoms with Crippen molar-refractivity contribution in [3.63, 3.8) is 0 Å². The van der Waals surface area contributed by atoms with Crippen molar-refractivity contribution in [3.8, 4) is 17.2 Å². The summed E-state index contributed by atoms with van der Waals surface area (Å²) in [6, 6.07) is 10.9. The van der Waals surface area contributed by atoms with E-state index in [1.165, 1.54) is 30.4 Å². The number of carbonyl (C=O) groups is 2. The molecular formula is C27H31N3O7S2. The maximum absolute atomic E-state index is 13.3. The van der Waals surface area contributed by atoms with Gasteiger partial charge in [-0.3, -0.25) is 14.9 Å². The second-order valence-corrected chi connectivity index (χ2v) is 12.5. The average molecular weight is 574 g/mol. The number of hydrogen-bond acceptors (Lipinski definition) is 9. The summed E-state index contributed by atoms with van der Waals surface area (Å²) in [5.74, 6) is 0.698. The maximum Gasteiger partial charge on any atom is 0.257 e. The lowest BCUT2D eigenvalue weighted by molar-refractivity contribution is -0.119. The summed E-state index contributed by atoms with van der Waals surface area (Å²) in [7, 11) is -1.77. The quantitative estimate of drug-likeness (QED) is 0.372. The Morgan fingerprint density at radius 2 is 1.85 bits per heavy atom. The van der Waals surface area contributed by atoms with Gasteiger partial charge >= 0.3 is 0 Å². The molecule has 0 saturated carbocycles. The van der Waals surface area contributed by atoms with Gasteiger partial charge in [0.2, 0.25) is 5.91 Å². The Labute approximate surface area is 231 Å². The number of aromatic nitrogens is 1. The van der Waals surface area contributed by atoms with Gasteiger partial charge in [0, 0.05) is 49.3 Å². The van der Waals surface area contributed by atoms with Crippen LogP contribution in [-0.2, 0) is 32.2 Å². The molecular weight excluding hydrogens is 542 g/mol. The number of fused-ring (bicyclic) bond motifs is 1. The summed E-state index contributed by atoms with van der Waals surface area (Å²) in [6.07, 6.45) is 3.06. The zero-order valence-corrected chi connectivity index (χ0v) is 23.8. The van der Waals surface area contributed by atoms with Crippen LogP contribution in [0.2, 0.25) is 0 Å². The topological polar surface area (TPSA) is 133 Å². The number of carbonyl (C=O) groups excluding carboxylic acids is 2. The Morgan fingerprint density at radius 3 is 2.51 bits per heavy atom. The number of thiazole rings is 1. The lowest BCUT2D eigenvalue weighted by atomic mass is 9.98. The number of nitrogens with zero attached hydrogens (tertiary/aromatic N) is 1. The van der Waals surface area contributed by atoms with Gasteiger partial charge in [-0.15, -0.1) is 11.3 Å². The minimum absolute atomic E-state index is 0.0622. The molecule has 2 N–H and O–H groups in total. The summed E-state index contributed by atoms with van der Waals surface area (Å²) in [4.78, 5) is 30.5. The van der Waals surface area contributed by atoms with Gasteiger partial charge < -0.3 is 19.5 Å². The second-order valence-electron chi connectivity index (χ2n) is 9.41. The first-order chi connectivity index (χ1) is 18.5. The molecule has 1 aromatic heterocycles. The fraction of sp³-hybridized carbons (Fsp3) is 0.370. The number of rotatable bonds is 10. The Morgan fingerprint density at radius 1 is 1.13 bits per heavy atom.